The Hall–Kier alpha value is -0.220. The van der Waals surface area contributed by atoms with Gasteiger partial charge in [0.2, 0.25) is 0 Å². The molecular weight excluding hydrogens is 193 g/mol. The number of nitrogens with two attached hydrogens (primary N) is 1. The van der Waals surface area contributed by atoms with Gasteiger partial charge in [-0.2, -0.15) is 5.10 Å². The molecule has 1 heterocycles. The van der Waals surface area contributed by atoms with Crippen LogP contribution in [0.2, 0.25) is 5.15 Å². The molecule has 0 bridgehead atoms. The van der Waals surface area contributed by atoms with Gasteiger partial charge >= 0.3 is 0 Å². The number of nitrogens with zero attached hydrogens (tertiary/aromatic N) is 1. The summed E-state index contributed by atoms with van der Waals surface area (Å²) in [4.78, 5) is 0. The number of aromatic nitrogens is 2. The van der Waals surface area contributed by atoms with E-state index in [0.29, 0.717) is 15.4 Å². The molecule has 0 aromatic carbocycles. The van der Waals surface area contributed by atoms with Crippen LogP contribution in [0.3, 0.4) is 0 Å². The number of nitrogen functional groups attached to an aromatic ring is 1. The number of nitrogens with one attached hydrogen (secondary N) is 1. The lowest BCUT2D eigenvalue weighted by Crippen LogP contribution is -1.83. The molecule has 1 rings (SSSR count). The SMILES string of the molecule is Nc1n[nH]c(Cl)c1Br. The molecule has 0 aliphatic heterocycles. The Balaban J connectivity index is 3.19. The average Bonchev–Trinajstić information content (AvgIpc) is 1.98. The normalized spacial score (nSPS) is 9.75. The third-order valence-corrected chi connectivity index (χ3v) is 2.00. The predicted octanol–water partition coefficient (Wildman–Crippen LogP) is 1.41. The Morgan fingerprint density at radius 1 is 1.75 bits per heavy atom. The Morgan fingerprint density at radius 3 is 2.50 bits per heavy atom. The molecule has 0 radical (unpaired) electrons. The van der Waals surface area contributed by atoms with Gasteiger partial charge in [0.25, 0.3) is 0 Å². The summed E-state index contributed by atoms with van der Waals surface area (Å²) in [5.41, 5.74) is 5.27. The van der Waals surface area contributed by atoms with E-state index in [2.05, 4.69) is 26.1 Å². The van der Waals surface area contributed by atoms with Crippen LogP contribution in [0.15, 0.2) is 4.47 Å². The number of hydrogen-bond acceptors (Lipinski definition) is 2. The summed E-state index contributed by atoms with van der Waals surface area (Å²) in [5, 5.41) is 6.50. The van der Waals surface area contributed by atoms with E-state index in [0.717, 1.165) is 0 Å². The van der Waals surface area contributed by atoms with Crippen molar-refractivity contribution >= 4 is 33.3 Å². The first-order valence-electron chi connectivity index (χ1n) is 1.86. The van der Waals surface area contributed by atoms with E-state index in [1.54, 1.807) is 0 Å². The molecule has 3 nitrogen and oxygen atoms in total. The van der Waals surface area contributed by atoms with Crippen LogP contribution in [0.25, 0.3) is 0 Å². The molecular formula is C3H3BrClN3. The quantitative estimate of drug-likeness (QED) is 0.659. The van der Waals surface area contributed by atoms with Crippen molar-refractivity contribution in [2.24, 2.45) is 0 Å². The van der Waals surface area contributed by atoms with Crippen LogP contribution in [-0.4, -0.2) is 10.2 Å². The Kier molecular flexibility index (Phi) is 1.44. The van der Waals surface area contributed by atoms with Crippen LogP contribution in [0.5, 0.6) is 0 Å². The van der Waals surface area contributed by atoms with E-state index >= 15 is 0 Å². The van der Waals surface area contributed by atoms with E-state index in [1.165, 1.54) is 0 Å². The fourth-order valence-electron chi connectivity index (χ4n) is 0.320. The van der Waals surface area contributed by atoms with Crippen molar-refractivity contribution in [3.63, 3.8) is 0 Å². The molecule has 0 unspecified atom stereocenters. The van der Waals surface area contributed by atoms with Crippen LogP contribution < -0.4 is 5.73 Å². The maximum atomic E-state index is 5.48. The molecule has 0 atom stereocenters. The lowest BCUT2D eigenvalue weighted by Gasteiger charge is -1.79. The van der Waals surface area contributed by atoms with E-state index < -0.39 is 0 Å². The number of H-pyrrole nitrogens is 1. The maximum absolute atomic E-state index is 5.48. The van der Waals surface area contributed by atoms with Gasteiger partial charge in [0.15, 0.2) is 5.82 Å². The van der Waals surface area contributed by atoms with Gasteiger partial charge < -0.3 is 5.73 Å². The van der Waals surface area contributed by atoms with Gasteiger partial charge in [0, 0.05) is 0 Å². The third kappa shape index (κ3) is 0.809. The van der Waals surface area contributed by atoms with Crippen molar-refractivity contribution in [2.45, 2.75) is 0 Å². The first kappa shape index (κ1) is 5.91. The monoisotopic (exact) mass is 195 g/mol. The van der Waals surface area contributed by atoms with Gasteiger partial charge in [-0.3, -0.25) is 5.10 Å². The minimum Gasteiger partial charge on any atom is -0.381 e. The number of anilines is 1. The minimum atomic E-state index is 0.384. The average molecular weight is 196 g/mol. The largest absolute Gasteiger partial charge is 0.381 e. The molecule has 5 heteroatoms. The number of hydrogen-bond donors (Lipinski definition) is 2. The van der Waals surface area contributed by atoms with Gasteiger partial charge in [-0.1, -0.05) is 11.6 Å². The highest BCUT2D eigenvalue weighted by atomic mass is 79.9. The lowest BCUT2D eigenvalue weighted by molar-refractivity contribution is 1.10. The lowest BCUT2D eigenvalue weighted by atomic mass is 10.7. The predicted molar refractivity (Wildman–Crippen MR) is 35.7 cm³/mol. The minimum absolute atomic E-state index is 0.384. The van der Waals surface area contributed by atoms with Gasteiger partial charge in [0.1, 0.15) is 5.15 Å². The molecule has 0 saturated carbocycles. The molecule has 0 spiro atoms. The second-order valence-electron chi connectivity index (χ2n) is 1.24. The first-order chi connectivity index (χ1) is 3.72. The molecule has 8 heavy (non-hydrogen) atoms. The molecule has 44 valence electrons. The summed E-state index contributed by atoms with van der Waals surface area (Å²) >= 11 is 8.58. The highest BCUT2D eigenvalue weighted by molar-refractivity contribution is 9.10. The summed E-state index contributed by atoms with van der Waals surface area (Å²) < 4.78 is 0.624. The second-order valence-corrected chi connectivity index (χ2v) is 2.41. The van der Waals surface area contributed by atoms with Gasteiger partial charge in [0.05, 0.1) is 4.47 Å². The van der Waals surface area contributed by atoms with E-state index in [9.17, 15) is 0 Å². The summed E-state index contributed by atoms with van der Waals surface area (Å²) in [6.07, 6.45) is 0. The highest BCUT2D eigenvalue weighted by Gasteiger charge is 2.01. The molecule has 0 aliphatic rings. The number of halogens is 2. The van der Waals surface area contributed by atoms with Crippen LogP contribution in [-0.2, 0) is 0 Å². The molecule has 1 aromatic heterocycles. The van der Waals surface area contributed by atoms with Crippen molar-refractivity contribution in [3.05, 3.63) is 9.63 Å². The van der Waals surface area contributed by atoms with Gasteiger partial charge in [-0.05, 0) is 15.9 Å². The first-order valence-corrected chi connectivity index (χ1v) is 3.03. The smallest absolute Gasteiger partial charge is 0.161 e. The molecule has 1 aromatic rings. The summed E-state index contributed by atoms with van der Waals surface area (Å²) in [6, 6.07) is 0. The van der Waals surface area contributed by atoms with Gasteiger partial charge in [-0.25, -0.2) is 0 Å². The van der Waals surface area contributed by atoms with Crippen molar-refractivity contribution in [3.8, 4) is 0 Å². The van der Waals surface area contributed by atoms with Crippen LogP contribution in [0, 0.1) is 0 Å². The van der Waals surface area contributed by atoms with Crippen molar-refractivity contribution in [1.29, 1.82) is 0 Å². The Bertz CT molecular complexity index is 177. The summed E-state index contributed by atoms with van der Waals surface area (Å²) in [6.45, 7) is 0. The van der Waals surface area contributed by atoms with Gasteiger partial charge in [-0.15, -0.1) is 0 Å². The molecule has 0 fully saturated rings. The highest BCUT2D eigenvalue weighted by Crippen LogP contribution is 2.24. The summed E-state index contributed by atoms with van der Waals surface area (Å²) in [7, 11) is 0. The Labute approximate surface area is 59.3 Å². The van der Waals surface area contributed by atoms with Crippen molar-refractivity contribution < 1.29 is 0 Å². The van der Waals surface area contributed by atoms with E-state index in [1.807, 2.05) is 0 Å². The second kappa shape index (κ2) is 1.95. The molecule has 0 amide bonds. The Morgan fingerprint density at radius 2 is 2.38 bits per heavy atom. The third-order valence-electron chi connectivity index (χ3n) is 0.692. The molecule has 0 saturated heterocycles. The maximum Gasteiger partial charge on any atom is 0.161 e. The fraction of sp³-hybridized carbons (Fsp3) is 0. The van der Waals surface area contributed by atoms with Crippen LogP contribution in [0.1, 0.15) is 0 Å². The van der Waals surface area contributed by atoms with E-state index in [-0.39, 0.29) is 0 Å². The topological polar surface area (TPSA) is 54.7 Å². The fourth-order valence-corrected chi connectivity index (χ4v) is 0.636. The standard InChI is InChI=1S/C3H3BrClN3/c4-1-2(5)7-8-3(1)6/h(H3,6,7,8). The zero-order valence-corrected chi connectivity index (χ0v) is 6.12. The van der Waals surface area contributed by atoms with Crippen molar-refractivity contribution in [2.75, 3.05) is 5.73 Å². The van der Waals surface area contributed by atoms with Crippen molar-refractivity contribution in [1.82, 2.24) is 10.2 Å². The number of rotatable bonds is 0. The number of aromatic amines is 1. The molecule has 0 aliphatic carbocycles. The van der Waals surface area contributed by atoms with E-state index in [4.69, 9.17) is 17.3 Å². The zero-order valence-electron chi connectivity index (χ0n) is 3.78. The zero-order chi connectivity index (χ0) is 6.15. The van der Waals surface area contributed by atoms with Crippen LogP contribution >= 0.6 is 27.5 Å². The molecule has 3 N–H and O–H groups in total. The summed E-state index contributed by atoms with van der Waals surface area (Å²) in [5.74, 6) is 0.384. The van der Waals surface area contributed by atoms with Crippen LogP contribution in [0.4, 0.5) is 5.82 Å².